The minimum absolute atomic E-state index is 0.118. The van der Waals surface area contributed by atoms with Crippen molar-refractivity contribution in [3.63, 3.8) is 0 Å². The number of rotatable bonds is 18. The zero-order valence-electron chi connectivity index (χ0n) is 17.8. The molecule has 0 saturated heterocycles. The molecule has 8 nitrogen and oxygen atoms in total. The molecular weight excluding hydrogens is 422 g/mol. The number of amides is 1. The first kappa shape index (κ1) is 26.6. The van der Waals surface area contributed by atoms with Crippen LogP contribution in [0.15, 0.2) is 12.1 Å². The number of hydrogen-bond donors (Lipinski definition) is 4. The third-order valence-corrected chi connectivity index (χ3v) is 6.11. The van der Waals surface area contributed by atoms with Gasteiger partial charge in [-0.2, -0.15) is 0 Å². The van der Waals surface area contributed by atoms with Crippen molar-refractivity contribution in [2.45, 2.75) is 89.5 Å². The van der Waals surface area contributed by atoms with Crippen molar-refractivity contribution in [1.29, 1.82) is 0 Å². The summed E-state index contributed by atoms with van der Waals surface area (Å²) in [7, 11) is 0. The highest BCUT2D eigenvalue weighted by atomic mass is 32.1. The summed E-state index contributed by atoms with van der Waals surface area (Å²) in [5.41, 5.74) is 0. The van der Waals surface area contributed by atoms with Crippen LogP contribution < -0.4 is 5.32 Å². The van der Waals surface area contributed by atoms with E-state index in [2.05, 4.69) is 5.32 Å². The number of thiophene rings is 1. The Bertz CT molecular complexity index is 716. The van der Waals surface area contributed by atoms with Crippen LogP contribution in [0.3, 0.4) is 0 Å². The normalized spacial score (nSPS) is 11.7. The number of nitrogens with one attached hydrogen (secondary N) is 1. The Morgan fingerprint density at radius 2 is 1.39 bits per heavy atom. The van der Waals surface area contributed by atoms with E-state index >= 15 is 0 Å². The number of carbonyl (C=O) groups excluding carboxylic acids is 1. The van der Waals surface area contributed by atoms with Gasteiger partial charge in [0.05, 0.1) is 0 Å². The molecule has 0 spiro atoms. The molecule has 0 bridgehead atoms. The molecule has 0 fully saturated rings. The molecule has 9 heteroatoms. The Morgan fingerprint density at radius 3 is 1.90 bits per heavy atom. The first-order valence-corrected chi connectivity index (χ1v) is 11.7. The molecule has 1 aromatic rings. The molecule has 1 aromatic heterocycles. The van der Waals surface area contributed by atoms with E-state index in [4.69, 9.17) is 15.3 Å². The fourth-order valence-electron chi connectivity index (χ4n) is 3.24. The third kappa shape index (κ3) is 12.8. The molecule has 0 aliphatic rings. The monoisotopic (exact) mass is 455 g/mol. The Balaban J connectivity index is 1.97. The van der Waals surface area contributed by atoms with Crippen LogP contribution in [0.5, 0.6) is 0 Å². The van der Waals surface area contributed by atoms with E-state index in [0.29, 0.717) is 11.3 Å². The number of aromatic carboxylic acids is 1. The van der Waals surface area contributed by atoms with Gasteiger partial charge < -0.3 is 20.6 Å². The van der Waals surface area contributed by atoms with Crippen molar-refractivity contribution in [3.05, 3.63) is 21.9 Å². The molecule has 0 radical (unpaired) electrons. The second-order valence-corrected chi connectivity index (χ2v) is 8.81. The maximum absolute atomic E-state index is 11.8. The van der Waals surface area contributed by atoms with E-state index in [1.807, 2.05) is 6.07 Å². The average Bonchev–Trinajstić information content (AvgIpc) is 3.18. The number of carbonyl (C=O) groups is 4. The van der Waals surface area contributed by atoms with Gasteiger partial charge in [-0.3, -0.25) is 9.59 Å². The Kier molecular flexibility index (Phi) is 13.2. The number of hydrogen-bond acceptors (Lipinski definition) is 5. The predicted molar refractivity (Wildman–Crippen MR) is 118 cm³/mol. The van der Waals surface area contributed by atoms with Crippen molar-refractivity contribution in [1.82, 2.24) is 5.32 Å². The summed E-state index contributed by atoms with van der Waals surface area (Å²) in [6.45, 7) is 0. The van der Waals surface area contributed by atoms with Gasteiger partial charge in [-0.25, -0.2) is 9.59 Å². The Hall–Kier alpha value is -2.42. The Labute approximate surface area is 186 Å². The fraction of sp³-hybridized carbons (Fsp3) is 0.636. The van der Waals surface area contributed by atoms with Crippen LogP contribution in [0.2, 0.25) is 0 Å². The summed E-state index contributed by atoms with van der Waals surface area (Å²) < 4.78 is 0. The van der Waals surface area contributed by atoms with Crippen molar-refractivity contribution in [2.75, 3.05) is 0 Å². The molecular formula is C22H33NO7S. The molecule has 174 valence electrons. The molecule has 4 N–H and O–H groups in total. The first-order valence-electron chi connectivity index (χ1n) is 10.9. The van der Waals surface area contributed by atoms with Crippen LogP contribution in [0.4, 0.5) is 0 Å². The summed E-state index contributed by atoms with van der Waals surface area (Å²) in [6.07, 6.45) is 10.2. The van der Waals surface area contributed by atoms with Gasteiger partial charge in [0.1, 0.15) is 10.9 Å². The fourth-order valence-corrected chi connectivity index (χ4v) is 4.13. The molecule has 0 aromatic carbocycles. The maximum Gasteiger partial charge on any atom is 0.345 e. The van der Waals surface area contributed by atoms with E-state index in [-0.39, 0.29) is 25.2 Å². The quantitative estimate of drug-likeness (QED) is 0.241. The first-order chi connectivity index (χ1) is 14.8. The van der Waals surface area contributed by atoms with Crippen LogP contribution in [0, 0.1) is 0 Å². The van der Waals surface area contributed by atoms with E-state index in [0.717, 1.165) is 62.7 Å². The SMILES string of the molecule is O=C(O)CC[C@H](NC(=O)CCCCCCCCCCCc1ccc(C(=O)O)s1)C(=O)O. The summed E-state index contributed by atoms with van der Waals surface area (Å²) >= 11 is 1.35. The lowest BCUT2D eigenvalue weighted by Gasteiger charge is -2.13. The maximum atomic E-state index is 11.8. The van der Waals surface area contributed by atoms with Crippen LogP contribution in [0.25, 0.3) is 0 Å². The average molecular weight is 456 g/mol. The van der Waals surface area contributed by atoms with Gasteiger partial charge in [-0.05, 0) is 37.8 Å². The standard InChI is InChI=1S/C22H33NO7S/c24-19(23-17(21(27)28)13-15-20(25)26)11-9-7-5-3-1-2-4-6-8-10-16-12-14-18(31-16)22(29)30/h12,14,17H,1-11,13,15H2,(H,23,24)(H,25,26)(H,27,28)(H,29,30)/t17-/m0/s1. The lowest BCUT2D eigenvalue weighted by molar-refractivity contribution is -0.143. The van der Waals surface area contributed by atoms with E-state index in [1.165, 1.54) is 11.3 Å². The third-order valence-electron chi connectivity index (χ3n) is 4.98. The predicted octanol–water partition coefficient (Wildman–Crippen LogP) is 4.32. The van der Waals surface area contributed by atoms with Gasteiger partial charge >= 0.3 is 17.9 Å². The highest BCUT2D eigenvalue weighted by Gasteiger charge is 2.20. The van der Waals surface area contributed by atoms with Gasteiger partial charge in [-0.15, -0.1) is 11.3 Å². The van der Waals surface area contributed by atoms with Crippen LogP contribution >= 0.6 is 11.3 Å². The lowest BCUT2D eigenvalue weighted by atomic mass is 10.1. The molecule has 0 saturated carbocycles. The molecule has 1 rings (SSSR count). The summed E-state index contributed by atoms with van der Waals surface area (Å²) in [6, 6.07) is 2.41. The van der Waals surface area contributed by atoms with Gasteiger partial charge in [0.2, 0.25) is 5.91 Å². The second kappa shape index (κ2) is 15.4. The highest BCUT2D eigenvalue weighted by Crippen LogP contribution is 2.19. The van der Waals surface area contributed by atoms with Gasteiger partial charge in [0, 0.05) is 17.7 Å². The summed E-state index contributed by atoms with van der Waals surface area (Å²) in [4.78, 5) is 45.8. The van der Waals surface area contributed by atoms with Gasteiger partial charge in [0.15, 0.2) is 0 Å². The number of unbranched alkanes of at least 4 members (excludes halogenated alkanes) is 8. The summed E-state index contributed by atoms with van der Waals surface area (Å²) in [5.74, 6) is -3.51. The lowest BCUT2D eigenvalue weighted by Crippen LogP contribution is -2.41. The topological polar surface area (TPSA) is 141 Å². The molecule has 1 amide bonds. The van der Waals surface area contributed by atoms with E-state index in [9.17, 15) is 19.2 Å². The van der Waals surface area contributed by atoms with Crippen LogP contribution in [0.1, 0.15) is 91.6 Å². The highest BCUT2D eigenvalue weighted by molar-refractivity contribution is 7.13. The molecule has 1 heterocycles. The van der Waals surface area contributed by atoms with Crippen molar-refractivity contribution < 1.29 is 34.5 Å². The van der Waals surface area contributed by atoms with Crippen molar-refractivity contribution in [2.24, 2.45) is 0 Å². The molecule has 0 unspecified atom stereocenters. The second-order valence-electron chi connectivity index (χ2n) is 7.64. The van der Waals surface area contributed by atoms with Gasteiger partial charge in [0.25, 0.3) is 0 Å². The van der Waals surface area contributed by atoms with Crippen LogP contribution in [-0.4, -0.2) is 45.2 Å². The number of carboxylic acids is 3. The minimum atomic E-state index is -1.21. The molecule has 1 atom stereocenters. The van der Waals surface area contributed by atoms with E-state index in [1.54, 1.807) is 6.07 Å². The van der Waals surface area contributed by atoms with E-state index < -0.39 is 23.9 Å². The summed E-state index contributed by atoms with van der Waals surface area (Å²) in [5, 5.41) is 29.0. The number of aryl methyl sites for hydroxylation is 1. The molecule has 0 aliphatic heterocycles. The van der Waals surface area contributed by atoms with Crippen molar-refractivity contribution >= 4 is 35.2 Å². The Morgan fingerprint density at radius 1 is 0.806 bits per heavy atom. The van der Waals surface area contributed by atoms with Crippen LogP contribution in [-0.2, 0) is 20.8 Å². The largest absolute Gasteiger partial charge is 0.481 e. The zero-order chi connectivity index (χ0) is 23.1. The number of carboxylic acid groups (broad SMARTS) is 3. The van der Waals surface area contributed by atoms with Crippen molar-refractivity contribution in [3.8, 4) is 0 Å². The minimum Gasteiger partial charge on any atom is -0.481 e. The zero-order valence-corrected chi connectivity index (χ0v) is 18.6. The molecule has 31 heavy (non-hydrogen) atoms. The van der Waals surface area contributed by atoms with Gasteiger partial charge in [-0.1, -0.05) is 44.9 Å². The smallest absolute Gasteiger partial charge is 0.345 e. The number of aliphatic carboxylic acids is 2. The molecule has 0 aliphatic carbocycles.